The molecular formula is C14H20N2OS. The van der Waals surface area contributed by atoms with Gasteiger partial charge in [-0.1, -0.05) is 42.5 Å². The first-order chi connectivity index (χ1) is 8.72. The molecule has 3 nitrogen and oxygen atoms in total. The van der Waals surface area contributed by atoms with Crippen LogP contribution >= 0.6 is 12.2 Å². The Bertz CT molecular complexity index is 396. The highest BCUT2D eigenvalue weighted by molar-refractivity contribution is 7.80. The van der Waals surface area contributed by atoms with Crippen molar-refractivity contribution in [3.05, 3.63) is 35.9 Å². The first-order valence-corrected chi connectivity index (χ1v) is 6.83. The zero-order valence-electron chi connectivity index (χ0n) is 10.5. The average Bonchev–Trinajstić information content (AvgIpc) is 2.85. The van der Waals surface area contributed by atoms with E-state index in [1.54, 1.807) is 0 Å². The Kier molecular flexibility index (Phi) is 4.69. The quantitative estimate of drug-likeness (QED) is 0.797. The molecule has 2 atom stereocenters. The molecule has 18 heavy (non-hydrogen) atoms. The van der Waals surface area contributed by atoms with Crippen molar-refractivity contribution >= 4 is 17.2 Å². The van der Waals surface area contributed by atoms with Gasteiger partial charge in [0.05, 0.1) is 11.6 Å². The molecule has 2 unspecified atom stereocenters. The molecule has 2 rings (SSSR count). The summed E-state index contributed by atoms with van der Waals surface area (Å²) < 4.78 is 0. The smallest absolute Gasteiger partial charge is 0.0746 e. The Labute approximate surface area is 114 Å². The molecule has 0 spiro atoms. The first kappa shape index (κ1) is 13.5. The van der Waals surface area contributed by atoms with Crippen LogP contribution in [0.2, 0.25) is 0 Å². The largest absolute Gasteiger partial charge is 0.395 e. The second-order valence-corrected chi connectivity index (χ2v) is 5.34. The predicted molar refractivity (Wildman–Crippen MR) is 77.4 cm³/mol. The highest BCUT2D eigenvalue weighted by Crippen LogP contribution is 2.31. The molecule has 1 fully saturated rings. The SMILES string of the molecule is NC(=S)CC(c1ccccc1)N1CCCC1CO. The predicted octanol–water partition coefficient (Wildman–Crippen LogP) is 1.86. The number of rotatable bonds is 5. The van der Waals surface area contributed by atoms with Crippen LogP contribution in [-0.2, 0) is 0 Å². The van der Waals surface area contributed by atoms with Crippen LogP contribution in [0.4, 0.5) is 0 Å². The molecule has 0 aromatic heterocycles. The number of nitrogens with two attached hydrogens (primary N) is 1. The second kappa shape index (κ2) is 6.27. The van der Waals surface area contributed by atoms with E-state index < -0.39 is 0 Å². The molecule has 0 aliphatic carbocycles. The Hall–Kier alpha value is -0.970. The highest BCUT2D eigenvalue weighted by atomic mass is 32.1. The minimum atomic E-state index is 0.198. The maximum absolute atomic E-state index is 9.46. The molecule has 4 heteroatoms. The van der Waals surface area contributed by atoms with Crippen LogP contribution < -0.4 is 5.73 Å². The lowest BCUT2D eigenvalue weighted by Crippen LogP contribution is -2.37. The molecule has 1 aromatic carbocycles. The van der Waals surface area contributed by atoms with Crippen molar-refractivity contribution in [2.75, 3.05) is 13.2 Å². The maximum atomic E-state index is 9.46. The van der Waals surface area contributed by atoms with E-state index in [4.69, 9.17) is 18.0 Å². The number of thiocarbonyl (C=S) groups is 1. The van der Waals surface area contributed by atoms with Gasteiger partial charge in [-0.25, -0.2) is 0 Å². The first-order valence-electron chi connectivity index (χ1n) is 6.42. The summed E-state index contributed by atoms with van der Waals surface area (Å²) in [6.07, 6.45) is 2.86. The van der Waals surface area contributed by atoms with Crippen molar-refractivity contribution in [1.29, 1.82) is 0 Å². The van der Waals surface area contributed by atoms with Gasteiger partial charge in [0.15, 0.2) is 0 Å². The van der Waals surface area contributed by atoms with Gasteiger partial charge in [0.1, 0.15) is 0 Å². The number of benzene rings is 1. The maximum Gasteiger partial charge on any atom is 0.0746 e. The Morgan fingerprint density at radius 3 is 2.78 bits per heavy atom. The minimum Gasteiger partial charge on any atom is -0.395 e. The molecule has 1 aliphatic rings. The van der Waals surface area contributed by atoms with Crippen LogP contribution in [0, 0.1) is 0 Å². The normalized spacial score (nSPS) is 21.9. The molecule has 0 bridgehead atoms. The molecule has 1 saturated heterocycles. The van der Waals surface area contributed by atoms with Crippen LogP contribution in [-0.4, -0.2) is 34.2 Å². The lowest BCUT2D eigenvalue weighted by molar-refractivity contribution is 0.121. The number of hydrogen-bond donors (Lipinski definition) is 2. The summed E-state index contributed by atoms with van der Waals surface area (Å²) >= 11 is 5.07. The second-order valence-electron chi connectivity index (χ2n) is 4.81. The fourth-order valence-corrected chi connectivity index (χ4v) is 2.91. The van der Waals surface area contributed by atoms with Gasteiger partial charge in [-0.15, -0.1) is 0 Å². The molecular weight excluding hydrogens is 244 g/mol. The van der Waals surface area contributed by atoms with Gasteiger partial charge in [0.25, 0.3) is 0 Å². The van der Waals surface area contributed by atoms with Crippen LogP contribution in [0.5, 0.6) is 0 Å². The van der Waals surface area contributed by atoms with Gasteiger partial charge in [-0.2, -0.15) is 0 Å². The molecule has 0 amide bonds. The number of aliphatic hydroxyl groups excluding tert-OH is 1. The van der Waals surface area contributed by atoms with Crippen molar-refractivity contribution in [2.24, 2.45) is 5.73 Å². The summed E-state index contributed by atoms with van der Waals surface area (Å²) in [7, 11) is 0. The van der Waals surface area contributed by atoms with E-state index in [0.29, 0.717) is 11.4 Å². The standard InChI is InChI=1S/C14H20N2OS/c15-14(18)9-13(11-5-2-1-3-6-11)16-8-4-7-12(16)10-17/h1-3,5-6,12-13,17H,4,7-10H2,(H2,15,18). The summed E-state index contributed by atoms with van der Waals surface area (Å²) in [6, 6.07) is 10.7. The third-order valence-electron chi connectivity index (χ3n) is 3.61. The number of likely N-dealkylation sites (tertiary alicyclic amines) is 1. The van der Waals surface area contributed by atoms with Gasteiger partial charge in [0.2, 0.25) is 0 Å². The zero-order chi connectivity index (χ0) is 13.0. The van der Waals surface area contributed by atoms with Crippen molar-refractivity contribution < 1.29 is 5.11 Å². The van der Waals surface area contributed by atoms with Gasteiger partial charge >= 0.3 is 0 Å². The van der Waals surface area contributed by atoms with Crippen molar-refractivity contribution in [3.63, 3.8) is 0 Å². The topological polar surface area (TPSA) is 49.5 Å². The number of hydrogen-bond acceptors (Lipinski definition) is 3. The van der Waals surface area contributed by atoms with E-state index in [2.05, 4.69) is 17.0 Å². The van der Waals surface area contributed by atoms with Crippen LogP contribution in [0.15, 0.2) is 30.3 Å². The minimum absolute atomic E-state index is 0.198. The van der Waals surface area contributed by atoms with Crippen LogP contribution in [0.1, 0.15) is 30.9 Å². The molecule has 1 aliphatic heterocycles. The molecule has 3 N–H and O–H groups in total. The van der Waals surface area contributed by atoms with E-state index in [-0.39, 0.29) is 18.7 Å². The Balaban J connectivity index is 2.22. The average molecular weight is 264 g/mol. The monoisotopic (exact) mass is 264 g/mol. The Morgan fingerprint density at radius 1 is 1.44 bits per heavy atom. The van der Waals surface area contributed by atoms with Crippen molar-refractivity contribution in [1.82, 2.24) is 4.90 Å². The van der Waals surface area contributed by atoms with E-state index in [1.165, 1.54) is 5.56 Å². The van der Waals surface area contributed by atoms with E-state index >= 15 is 0 Å². The molecule has 98 valence electrons. The number of aliphatic hydroxyl groups is 1. The third kappa shape index (κ3) is 3.07. The van der Waals surface area contributed by atoms with E-state index in [0.717, 1.165) is 19.4 Å². The fraction of sp³-hybridized carbons (Fsp3) is 0.500. The lowest BCUT2D eigenvalue weighted by atomic mass is 10.0. The number of nitrogens with zero attached hydrogens (tertiary/aromatic N) is 1. The van der Waals surface area contributed by atoms with Crippen molar-refractivity contribution in [2.45, 2.75) is 31.3 Å². The lowest BCUT2D eigenvalue weighted by Gasteiger charge is -2.32. The highest BCUT2D eigenvalue weighted by Gasteiger charge is 2.31. The Morgan fingerprint density at radius 2 is 2.17 bits per heavy atom. The summed E-state index contributed by atoms with van der Waals surface area (Å²) in [4.78, 5) is 2.88. The molecule has 1 heterocycles. The molecule has 0 saturated carbocycles. The van der Waals surface area contributed by atoms with Gasteiger partial charge in [-0.3, -0.25) is 4.90 Å². The van der Waals surface area contributed by atoms with Crippen LogP contribution in [0.25, 0.3) is 0 Å². The van der Waals surface area contributed by atoms with E-state index in [1.807, 2.05) is 18.2 Å². The van der Waals surface area contributed by atoms with Crippen LogP contribution in [0.3, 0.4) is 0 Å². The molecule has 0 radical (unpaired) electrons. The zero-order valence-corrected chi connectivity index (χ0v) is 11.3. The summed E-state index contributed by atoms with van der Waals surface area (Å²) in [5.41, 5.74) is 6.95. The van der Waals surface area contributed by atoms with Gasteiger partial charge < -0.3 is 10.8 Å². The van der Waals surface area contributed by atoms with Gasteiger partial charge in [0, 0.05) is 18.5 Å². The fourth-order valence-electron chi connectivity index (χ4n) is 2.76. The van der Waals surface area contributed by atoms with E-state index in [9.17, 15) is 5.11 Å². The third-order valence-corrected chi connectivity index (χ3v) is 3.78. The summed E-state index contributed by atoms with van der Waals surface area (Å²) in [5, 5.41) is 9.46. The summed E-state index contributed by atoms with van der Waals surface area (Å²) in [6.45, 7) is 1.22. The molecule has 1 aromatic rings. The summed E-state index contributed by atoms with van der Waals surface area (Å²) in [5.74, 6) is 0. The van der Waals surface area contributed by atoms with Gasteiger partial charge in [-0.05, 0) is 24.9 Å². The van der Waals surface area contributed by atoms with Crippen molar-refractivity contribution in [3.8, 4) is 0 Å².